The Morgan fingerprint density at radius 1 is 0.900 bits per heavy atom. The van der Waals surface area contributed by atoms with E-state index in [0.29, 0.717) is 10.6 Å². The number of rotatable bonds is 1. The number of benzene rings is 1. The summed E-state index contributed by atoms with van der Waals surface area (Å²) in [4.78, 5) is 0. The molecule has 20 heavy (non-hydrogen) atoms. The van der Waals surface area contributed by atoms with E-state index in [9.17, 15) is 0 Å². The van der Waals surface area contributed by atoms with Crippen LogP contribution < -0.4 is 5.30 Å². The van der Waals surface area contributed by atoms with Gasteiger partial charge in [-0.3, -0.25) is 0 Å². The minimum absolute atomic E-state index is 0.0747. The average Bonchev–Trinajstić information content (AvgIpc) is 3.13. The van der Waals surface area contributed by atoms with Gasteiger partial charge in [0.1, 0.15) is 0 Å². The Balaban J connectivity index is 2.11. The molecular formula is C19H27P. The molecule has 0 nitrogen and oxygen atoms in total. The van der Waals surface area contributed by atoms with Crippen LogP contribution in [0.3, 0.4) is 0 Å². The second-order valence-corrected chi connectivity index (χ2v) is 10.6. The van der Waals surface area contributed by atoms with Crippen molar-refractivity contribution in [1.29, 1.82) is 0 Å². The summed E-state index contributed by atoms with van der Waals surface area (Å²) in [5.41, 5.74) is 2.31. The van der Waals surface area contributed by atoms with Crippen molar-refractivity contribution in [2.24, 2.45) is 16.2 Å². The maximum atomic E-state index is 4.61. The molecule has 0 radical (unpaired) electrons. The molecule has 108 valence electrons. The van der Waals surface area contributed by atoms with Gasteiger partial charge in [0.05, 0.1) is 0 Å². The van der Waals surface area contributed by atoms with Gasteiger partial charge in [-0.15, -0.1) is 0 Å². The van der Waals surface area contributed by atoms with Crippen LogP contribution in [0.25, 0.3) is 0 Å². The van der Waals surface area contributed by atoms with Gasteiger partial charge in [0.2, 0.25) is 0 Å². The summed E-state index contributed by atoms with van der Waals surface area (Å²) in [6.07, 6.45) is 1.34. The third-order valence-electron chi connectivity index (χ3n) is 7.22. The molecule has 2 aliphatic rings. The first-order chi connectivity index (χ1) is 9.11. The van der Waals surface area contributed by atoms with Gasteiger partial charge < -0.3 is 0 Å². The summed E-state index contributed by atoms with van der Waals surface area (Å²) in [5, 5.41) is 1.92. The number of hydrogen-bond donors (Lipinski definition) is 0. The molecule has 1 aliphatic carbocycles. The van der Waals surface area contributed by atoms with Crippen LogP contribution >= 0.6 is 7.92 Å². The van der Waals surface area contributed by atoms with Gasteiger partial charge >= 0.3 is 0 Å². The van der Waals surface area contributed by atoms with Crippen LogP contribution in [0.5, 0.6) is 0 Å². The van der Waals surface area contributed by atoms with E-state index < -0.39 is 0 Å². The summed E-state index contributed by atoms with van der Waals surface area (Å²) < 4.78 is 0. The van der Waals surface area contributed by atoms with E-state index in [1.807, 2.05) is 0 Å². The molecule has 3 rings (SSSR count). The van der Waals surface area contributed by atoms with Crippen molar-refractivity contribution in [3.63, 3.8) is 0 Å². The Hall–Kier alpha value is -0.610. The molecule has 1 aliphatic heterocycles. The Labute approximate surface area is 125 Å². The normalized spacial score (nSPS) is 36.3. The lowest BCUT2D eigenvalue weighted by molar-refractivity contribution is 0.0549. The minimum Gasteiger partial charge on any atom is -0.0983 e. The third kappa shape index (κ3) is 1.32. The molecule has 1 spiro atoms. The molecule has 1 heteroatoms. The van der Waals surface area contributed by atoms with Gasteiger partial charge in [-0.2, -0.15) is 0 Å². The van der Waals surface area contributed by atoms with E-state index in [1.165, 1.54) is 11.7 Å². The summed E-state index contributed by atoms with van der Waals surface area (Å²) in [7, 11) is -0.0747. The van der Waals surface area contributed by atoms with Crippen molar-refractivity contribution in [3.8, 4) is 0 Å². The SMILES string of the molecule is C=C1C(C)(C)C(C)(C)C(C)(C)C12CP2c1ccccc1. The highest BCUT2D eigenvalue weighted by Crippen LogP contribution is 2.87. The molecule has 2 atom stereocenters. The van der Waals surface area contributed by atoms with Gasteiger partial charge in [0.15, 0.2) is 0 Å². The van der Waals surface area contributed by atoms with Crippen LogP contribution in [-0.2, 0) is 0 Å². The van der Waals surface area contributed by atoms with Crippen LogP contribution in [-0.4, -0.2) is 11.3 Å². The molecule has 1 aromatic rings. The van der Waals surface area contributed by atoms with Crippen LogP contribution in [0.1, 0.15) is 41.5 Å². The van der Waals surface area contributed by atoms with Gasteiger partial charge in [-0.1, -0.05) is 91.9 Å². The maximum absolute atomic E-state index is 4.61. The molecule has 1 aromatic carbocycles. The Bertz CT molecular complexity index is 565. The van der Waals surface area contributed by atoms with E-state index >= 15 is 0 Å². The van der Waals surface area contributed by atoms with E-state index in [0.717, 1.165) is 0 Å². The van der Waals surface area contributed by atoms with Crippen LogP contribution in [0.15, 0.2) is 42.5 Å². The quantitative estimate of drug-likeness (QED) is 0.492. The molecule has 1 saturated carbocycles. The third-order valence-corrected chi connectivity index (χ3v) is 10.5. The van der Waals surface area contributed by atoms with E-state index in [2.05, 4.69) is 78.5 Å². The van der Waals surface area contributed by atoms with Crippen molar-refractivity contribution in [3.05, 3.63) is 42.5 Å². The fourth-order valence-electron chi connectivity index (χ4n) is 4.48. The first kappa shape index (κ1) is 14.3. The first-order valence-corrected chi connectivity index (χ1v) is 9.16. The second kappa shape index (κ2) is 3.77. The van der Waals surface area contributed by atoms with Crippen LogP contribution in [0.2, 0.25) is 0 Å². The van der Waals surface area contributed by atoms with Gasteiger partial charge in [-0.05, 0) is 27.7 Å². The second-order valence-electron chi connectivity index (χ2n) is 8.14. The molecule has 0 N–H and O–H groups in total. The highest BCUT2D eigenvalue weighted by molar-refractivity contribution is 7.75. The van der Waals surface area contributed by atoms with Gasteiger partial charge in [0, 0.05) is 5.16 Å². The molecule has 0 aromatic heterocycles. The molecule has 1 heterocycles. The van der Waals surface area contributed by atoms with Crippen LogP contribution in [0, 0.1) is 16.2 Å². The highest BCUT2D eigenvalue weighted by atomic mass is 31.1. The predicted molar refractivity (Wildman–Crippen MR) is 91.1 cm³/mol. The molecule has 1 saturated heterocycles. The van der Waals surface area contributed by atoms with E-state index in [1.54, 1.807) is 5.30 Å². The number of hydrogen-bond acceptors (Lipinski definition) is 0. The summed E-state index contributed by atoms with van der Waals surface area (Å²) in [6.45, 7) is 19.3. The lowest BCUT2D eigenvalue weighted by atomic mass is 9.60. The van der Waals surface area contributed by atoms with Crippen molar-refractivity contribution < 1.29 is 0 Å². The van der Waals surface area contributed by atoms with E-state index in [-0.39, 0.29) is 18.8 Å². The molecular weight excluding hydrogens is 259 g/mol. The number of allylic oxidation sites excluding steroid dienone is 1. The largest absolute Gasteiger partial charge is 0.0983 e. The summed E-state index contributed by atoms with van der Waals surface area (Å²) >= 11 is 0. The van der Waals surface area contributed by atoms with Gasteiger partial charge in [0.25, 0.3) is 0 Å². The Morgan fingerprint density at radius 3 is 1.90 bits per heavy atom. The smallest absolute Gasteiger partial charge is 0.0256 e. The van der Waals surface area contributed by atoms with Crippen molar-refractivity contribution in [1.82, 2.24) is 0 Å². The molecule has 2 unspecified atom stereocenters. The molecule has 2 fully saturated rings. The van der Waals surface area contributed by atoms with E-state index in [4.69, 9.17) is 0 Å². The summed E-state index contributed by atoms with van der Waals surface area (Å²) in [5.74, 6) is 0. The zero-order chi connectivity index (χ0) is 15.0. The topological polar surface area (TPSA) is 0 Å². The highest BCUT2D eigenvalue weighted by Gasteiger charge is 2.77. The molecule has 0 bridgehead atoms. The fraction of sp³-hybridized carbons (Fsp3) is 0.579. The van der Waals surface area contributed by atoms with Gasteiger partial charge in [-0.25, -0.2) is 0 Å². The fourth-order valence-corrected chi connectivity index (χ4v) is 8.38. The zero-order valence-electron chi connectivity index (χ0n) is 13.7. The molecule has 0 amide bonds. The predicted octanol–water partition coefficient (Wildman–Crippen LogP) is 5.19. The standard InChI is InChI=1S/C19H27P/c1-14-16(2,3)17(4,5)18(6,7)19(14)13-20(19)15-11-9-8-10-12-15/h8-12H,1,13H2,2-7H3. The lowest BCUT2D eigenvalue weighted by Crippen LogP contribution is -2.40. The average molecular weight is 286 g/mol. The van der Waals surface area contributed by atoms with Crippen molar-refractivity contribution in [2.45, 2.75) is 46.7 Å². The van der Waals surface area contributed by atoms with Crippen molar-refractivity contribution >= 4 is 13.2 Å². The first-order valence-electron chi connectivity index (χ1n) is 7.63. The summed E-state index contributed by atoms with van der Waals surface area (Å²) in [6, 6.07) is 11.1. The maximum Gasteiger partial charge on any atom is 0.0256 e. The van der Waals surface area contributed by atoms with Crippen molar-refractivity contribution in [2.75, 3.05) is 6.16 Å². The minimum atomic E-state index is -0.0747. The zero-order valence-corrected chi connectivity index (χ0v) is 14.6. The monoisotopic (exact) mass is 286 g/mol. The van der Waals surface area contributed by atoms with Crippen LogP contribution in [0.4, 0.5) is 0 Å². The Morgan fingerprint density at radius 2 is 1.45 bits per heavy atom. The Kier molecular flexibility index (Phi) is 2.70. The lowest BCUT2D eigenvalue weighted by Gasteiger charge is -2.45.